The molecule has 0 atom stereocenters. The molecule has 3 N–H and O–H groups in total. The standard InChI is InChI=1S/C19H21N3O6S/c1-25-13-7-9-14(10-8-13)27-11-17(23)20-19(29)22-21-18(24)12-28-16-6-4-3-5-15(16)26-2/h3-10H,11-12H2,1-2H3,(H,21,24)(H2,20,22,23,29). The van der Waals surface area contributed by atoms with Crippen molar-refractivity contribution in [2.75, 3.05) is 27.4 Å². The molecule has 10 heteroatoms. The van der Waals surface area contributed by atoms with E-state index in [4.69, 9.17) is 31.2 Å². The van der Waals surface area contributed by atoms with Crippen LogP contribution in [0.5, 0.6) is 23.0 Å². The van der Waals surface area contributed by atoms with Gasteiger partial charge in [0.15, 0.2) is 29.8 Å². The molecule has 154 valence electrons. The van der Waals surface area contributed by atoms with Gasteiger partial charge in [-0.3, -0.25) is 25.8 Å². The molecule has 0 bridgehead atoms. The Morgan fingerprint density at radius 2 is 1.41 bits per heavy atom. The third-order valence-corrected chi connectivity index (χ3v) is 3.63. The molecule has 2 amide bonds. The van der Waals surface area contributed by atoms with Gasteiger partial charge in [0.1, 0.15) is 11.5 Å². The van der Waals surface area contributed by atoms with E-state index >= 15 is 0 Å². The number of hydrazine groups is 1. The molecular weight excluding hydrogens is 398 g/mol. The molecule has 2 aromatic rings. The summed E-state index contributed by atoms with van der Waals surface area (Å²) < 4.78 is 20.9. The average Bonchev–Trinajstić information content (AvgIpc) is 2.75. The molecule has 0 spiro atoms. The summed E-state index contributed by atoms with van der Waals surface area (Å²) in [4.78, 5) is 23.7. The van der Waals surface area contributed by atoms with Gasteiger partial charge in [0.2, 0.25) is 0 Å². The Labute approximate surface area is 173 Å². The van der Waals surface area contributed by atoms with Gasteiger partial charge in [0.25, 0.3) is 11.8 Å². The number of hydrogen-bond donors (Lipinski definition) is 3. The van der Waals surface area contributed by atoms with Gasteiger partial charge in [0, 0.05) is 0 Å². The molecule has 29 heavy (non-hydrogen) atoms. The SMILES string of the molecule is COc1ccc(OCC(=O)NC(=S)NNC(=O)COc2ccccc2OC)cc1. The summed E-state index contributed by atoms with van der Waals surface area (Å²) in [7, 11) is 3.06. The van der Waals surface area contributed by atoms with E-state index in [2.05, 4.69) is 16.2 Å². The second-order valence-corrected chi connectivity index (χ2v) is 5.86. The van der Waals surface area contributed by atoms with E-state index in [9.17, 15) is 9.59 Å². The molecule has 0 heterocycles. The van der Waals surface area contributed by atoms with Crippen LogP contribution in [0.25, 0.3) is 0 Å². The summed E-state index contributed by atoms with van der Waals surface area (Å²) >= 11 is 4.94. The molecule has 0 saturated carbocycles. The van der Waals surface area contributed by atoms with Gasteiger partial charge in [-0.1, -0.05) is 12.1 Å². The number of amides is 2. The minimum Gasteiger partial charge on any atom is -0.497 e. The van der Waals surface area contributed by atoms with E-state index in [1.165, 1.54) is 7.11 Å². The predicted octanol–water partition coefficient (Wildman–Crippen LogP) is 1.18. The number of carbonyl (C=O) groups is 2. The fourth-order valence-electron chi connectivity index (χ4n) is 2.06. The Balaban J connectivity index is 1.66. The highest BCUT2D eigenvalue weighted by molar-refractivity contribution is 7.80. The predicted molar refractivity (Wildman–Crippen MR) is 109 cm³/mol. The first kappa shape index (κ1) is 21.8. The number of rotatable bonds is 8. The van der Waals surface area contributed by atoms with Crippen molar-refractivity contribution >= 4 is 29.1 Å². The van der Waals surface area contributed by atoms with Gasteiger partial charge >= 0.3 is 0 Å². The average molecular weight is 419 g/mol. The molecule has 0 aromatic heterocycles. The van der Waals surface area contributed by atoms with Crippen LogP contribution in [0, 0.1) is 0 Å². The lowest BCUT2D eigenvalue weighted by molar-refractivity contribution is -0.124. The Kier molecular flexibility index (Phi) is 8.51. The summed E-state index contributed by atoms with van der Waals surface area (Å²) in [6, 6.07) is 13.7. The molecule has 0 aliphatic rings. The van der Waals surface area contributed by atoms with E-state index in [1.54, 1.807) is 55.6 Å². The number of ether oxygens (including phenoxy) is 4. The molecule has 0 unspecified atom stereocenters. The van der Waals surface area contributed by atoms with Crippen LogP contribution in [0.3, 0.4) is 0 Å². The summed E-state index contributed by atoms with van der Waals surface area (Å²) in [5.41, 5.74) is 4.72. The summed E-state index contributed by atoms with van der Waals surface area (Å²) in [5, 5.41) is 2.29. The fourth-order valence-corrected chi connectivity index (χ4v) is 2.22. The highest BCUT2D eigenvalue weighted by Crippen LogP contribution is 2.25. The van der Waals surface area contributed by atoms with Crippen molar-refractivity contribution in [3.8, 4) is 23.0 Å². The lowest BCUT2D eigenvalue weighted by Crippen LogP contribution is -2.50. The second-order valence-electron chi connectivity index (χ2n) is 5.45. The third kappa shape index (κ3) is 7.54. The van der Waals surface area contributed by atoms with Gasteiger partial charge in [-0.25, -0.2) is 0 Å². The zero-order valence-corrected chi connectivity index (χ0v) is 16.7. The van der Waals surface area contributed by atoms with Crippen LogP contribution in [0.1, 0.15) is 0 Å². The quantitative estimate of drug-likeness (QED) is 0.433. The minimum atomic E-state index is -0.498. The van der Waals surface area contributed by atoms with Crippen LogP contribution in [0.15, 0.2) is 48.5 Å². The molecule has 0 saturated heterocycles. The summed E-state index contributed by atoms with van der Waals surface area (Å²) in [6.45, 7) is -0.524. The van der Waals surface area contributed by atoms with Crippen LogP contribution < -0.4 is 35.1 Å². The smallest absolute Gasteiger partial charge is 0.276 e. The van der Waals surface area contributed by atoms with Crippen molar-refractivity contribution < 1.29 is 28.5 Å². The molecular formula is C19H21N3O6S. The van der Waals surface area contributed by atoms with Crippen molar-refractivity contribution in [3.63, 3.8) is 0 Å². The highest BCUT2D eigenvalue weighted by atomic mass is 32.1. The third-order valence-electron chi connectivity index (χ3n) is 3.43. The van der Waals surface area contributed by atoms with Crippen LogP contribution in [-0.4, -0.2) is 44.4 Å². The van der Waals surface area contributed by atoms with Crippen molar-refractivity contribution in [2.24, 2.45) is 0 Å². The molecule has 0 aliphatic heterocycles. The maximum atomic E-state index is 11.8. The Morgan fingerprint density at radius 1 is 0.793 bits per heavy atom. The van der Waals surface area contributed by atoms with Crippen molar-refractivity contribution in [1.29, 1.82) is 0 Å². The number of para-hydroxylation sites is 2. The highest BCUT2D eigenvalue weighted by Gasteiger charge is 2.09. The fraction of sp³-hybridized carbons (Fsp3) is 0.211. The molecule has 0 radical (unpaired) electrons. The van der Waals surface area contributed by atoms with Crippen LogP contribution in [0.2, 0.25) is 0 Å². The molecule has 0 aliphatic carbocycles. The van der Waals surface area contributed by atoms with E-state index in [1.807, 2.05) is 0 Å². The molecule has 9 nitrogen and oxygen atoms in total. The molecule has 0 fully saturated rings. The summed E-state index contributed by atoms with van der Waals surface area (Å²) in [6.07, 6.45) is 0. The van der Waals surface area contributed by atoms with E-state index in [0.717, 1.165) is 0 Å². The normalized spacial score (nSPS) is 9.72. The van der Waals surface area contributed by atoms with Crippen LogP contribution in [0.4, 0.5) is 0 Å². The lowest BCUT2D eigenvalue weighted by atomic mass is 10.3. The van der Waals surface area contributed by atoms with Gasteiger partial charge in [-0.2, -0.15) is 0 Å². The minimum absolute atomic E-state index is 0.0843. The number of carbonyl (C=O) groups excluding carboxylic acids is 2. The Bertz CT molecular complexity index is 844. The second kappa shape index (κ2) is 11.3. The van der Waals surface area contributed by atoms with E-state index in [0.29, 0.717) is 23.0 Å². The van der Waals surface area contributed by atoms with E-state index < -0.39 is 11.8 Å². The van der Waals surface area contributed by atoms with Crippen molar-refractivity contribution in [1.82, 2.24) is 16.2 Å². The Hall–Kier alpha value is -3.53. The van der Waals surface area contributed by atoms with Crippen molar-refractivity contribution in [2.45, 2.75) is 0 Å². The largest absolute Gasteiger partial charge is 0.497 e. The number of hydrogen-bond acceptors (Lipinski definition) is 7. The number of thiocarbonyl (C=S) groups is 1. The van der Waals surface area contributed by atoms with Crippen LogP contribution >= 0.6 is 12.2 Å². The van der Waals surface area contributed by atoms with Gasteiger partial charge in [-0.15, -0.1) is 0 Å². The first-order valence-corrected chi connectivity index (χ1v) is 8.84. The van der Waals surface area contributed by atoms with Gasteiger partial charge in [-0.05, 0) is 48.6 Å². The topological polar surface area (TPSA) is 107 Å². The monoisotopic (exact) mass is 419 g/mol. The number of benzene rings is 2. The molecule has 2 rings (SSSR count). The molecule has 2 aromatic carbocycles. The summed E-state index contributed by atoms with van der Waals surface area (Å²) in [5.74, 6) is 1.13. The maximum Gasteiger partial charge on any atom is 0.276 e. The zero-order chi connectivity index (χ0) is 21.1. The first-order chi connectivity index (χ1) is 14.0. The Morgan fingerprint density at radius 3 is 2.07 bits per heavy atom. The lowest BCUT2D eigenvalue weighted by Gasteiger charge is -2.13. The van der Waals surface area contributed by atoms with Crippen molar-refractivity contribution in [3.05, 3.63) is 48.5 Å². The van der Waals surface area contributed by atoms with Crippen LogP contribution in [-0.2, 0) is 9.59 Å². The van der Waals surface area contributed by atoms with Gasteiger partial charge < -0.3 is 18.9 Å². The number of nitrogens with one attached hydrogen (secondary N) is 3. The zero-order valence-electron chi connectivity index (χ0n) is 15.9. The van der Waals surface area contributed by atoms with Gasteiger partial charge in [0.05, 0.1) is 14.2 Å². The first-order valence-electron chi connectivity index (χ1n) is 8.43. The van der Waals surface area contributed by atoms with E-state index in [-0.39, 0.29) is 18.3 Å². The number of methoxy groups -OCH3 is 2. The maximum absolute atomic E-state index is 11.8.